The Morgan fingerprint density at radius 2 is 1.71 bits per heavy atom. The molecule has 188 valence electrons. The molecule has 8 heteroatoms. The predicted molar refractivity (Wildman–Crippen MR) is 132 cm³/mol. The number of methoxy groups -OCH3 is 2. The van der Waals surface area contributed by atoms with Gasteiger partial charge in [0, 0.05) is 19.2 Å². The molecule has 0 aromatic heterocycles. The van der Waals surface area contributed by atoms with Crippen LogP contribution in [-0.4, -0.2) is 62.3 Å². The molecule has 1 atom stereocenters. The topological polar surface area (TPSA) is 94.5 Å². The van der Waals surface area contributed by atoms with Gasteiger partial charge < -0.3 is 29.0 Å². The molecule has 8 nitrogen and oxygen atoms in total. The molecule has 2 aromatic rings. The van der Waals surface area contributed by atoms with Crippen molar-refractivity contribution in [3.05, 3.63) is 59.2 Å². The maximum absolute atomic E-state index is 13.1. The number of unbranched alkanes of at least 4 members (excludes halogenated alkanes) is 1. The summed E-state index contributed by atoms with van der Waals surface area (Å²) >= 11 is 0. The number of Topliss-reactive ketones (excluding diaryl/α,β-unsaturated/α-hetero) is 1. The number of ketones is 1. The number of benzene rings is 2. The highest BCUT2D eigenvalue weighted by Gasteiger charge is 2.46. The summed E-state index contributed by atoms with van der Waals surface area (Å²) in [4.78, 5) is 27.5. The van der Waals surface area contributed by atoms with Crippen LogP contribution in [0.15, 0.2) is 48.0 Å². The Balaban J connectivity index is 2.11. The van der Waals surface area contributed by atoms with E-state index >= 15 is 0 Å². The quantitative estimate of drug-likeness (QED) is 0.208. The van der Waals surface area contributed by atoms with E-state index in [1.165, 1.54) is 12.0 Å². The minimum absolute atomic E-state index is 0.0124. The minimum Gasteiger partial charge on any atom is -0.507 e. The maximum Gasteiger partial charge on any atom is 0.295 e. The lowest BCUT2D eigenvalue weighted by Gasteiger charge is -2.26. The molecule has 2 aromatic carbocycles. The molecule has 1 aliphatic heterocycles. The van der Waals surface area contributed by atoms with E-state index in [1.54, 1.807) is 49.6 Å². The highest BCUT2D eigenvalue weighted by Crippen LogP contribution is 2.42. The molecular weight excluding hydrogens is 450 g/mol. The second-order valence-corrected chi connectivity index (χ2v) is 8.05. The molecule has 0 spiro atoms. The highest BCUT2D eigenvalue weighted by atomic mass is 16.5. The van der Waals surface area contributed by atoms with Crippen molar-refractivity contribution in [2.24, 2.45) is 0 Å². The average Bonchev–Trinajstić information content (AvgIpc) is 3.13. The largest absolute Gasteiger partial charge is 0.507 e. The van der Waals surface area contributed by atoms with Gasteiger partial charge in [0.1, 0.15) is 11.5 Å². The summed E-state index contributed by atoms with van der Waals surface area (Å²) in [6.45, 7) is 5.36. The molecule has 1 unspecified atom stereocenters. The Hall–Kier alpha value is -3.52. The second-order valence-electron chi connectivity index (χ2n) is 8.05. The van der Waals surface area contributed by atoms with Gasteiger partial charge in [-0.15, -0.1) is 0 Å². The number of carbonyl (C=O) groups is 2. The normalized spacial score (nSPS) is 17.0. The summed E-state index contributed by atoms with van der Waals surface area (Å²) < 4.78 is 22.0. The molecule has 3 rings (SSSR count). The smallest absolute Gasteiger partial charge is 0.295 e. The van der Waals surface area contributed by atoms with Crippen molar-refractivity contribution in [3.8, 4) is 17.2 Å². The molecule has 1 amide bonds. The van der Waals surface area contributed by atoms with Crippen molar-refractivity contribution in [3.63, 3.8) is 0 Å². The minimum atomic E-state index is -0.809. The number of hydrogen-bond donors (Lipinski definition) is 1. The van der Waals surface area contributed by atoms with E-state index in [-0.39, 0.29) is 24.5 Å². The third kappa shape index (κ3) is 5.77. The number of amides is 1. The maximum atomic E-state index is 13.1. The Labute approximate surface area is 206 Å². The summed E-state index contributed by atoms with van der Waals surface area (Å²) in [6, 6.07) is 11.2. The first kappa shape index (κ1) is 26.1. The van der Waals surface area contributed by atoms with Gasteiger partial charge in [-0.1, -0.05) is 19.4 Å². The van der Waals surface area contributed by atoms with Crippen LogP contribution in [0.3, 0.4) is 0 Å². The summed E-state index contributed by atoms with van der Waals surface area (Å²) in [5.74, 6) is 0.0238. The highest BCUT2D eigenvalue weighted by molar-refractivity contribution is 6.46. The van der Waals surface area contributed by atoms with Gasteiger partial charge in [0.25, 0.3) is 11.7 Å². The molecule has 0 bridgehead atoms. The fraction of sp³-hybridized carbons (Fsp3) is 0.407. The molecule has 1 fully saturated rings. The number of carbonyl (C=O) groups excluding carboxylic acids is 2. The van der Waals surface area contributed by atoms with Crippen LogP contribution < -0.4 is 14.2 Å². The van der Waals surface area contributed by atoms with Gasteiger partial charge in [-0.3, -0.25) is 9.59 Å². The van der Waals surface area contributed by atoms with E-state index < -0.39 is 17.7 Å². The first-order valence-electron chi connectivity index (χ1n) is 11.8. The van der Waals surface area contributed by atoms with Gasteiger partial charge in [-0.25, -0.2) is 0 Å². The third-order valence-corrected chi connectivity index (χ3v) is 5.78. The number of aliphatic hydroxyl groups excluding tert-OH is 1. The van der Waals surface area contributed by atoms with Crippen LogP contribution in [0.25, 0.3) is 5.76 Å². The monoisotopic (exact) mass is 483 g/mol. The lowest BCUT2D eigenvalue weighted by molar-refractivity contribution is -0.140. The number of aliphatic hydroxyl groups is 1. The summed E-state index contributed by atoms with van der Waals surface area (Å²) in [6.07, 6.45) is 1.91. The van der Waals surface area contributed by atoms with Gasteiger partial charge in [0.05, 0.1) is 38.5 Å². The molecule has 35 heavy (non-hydrogen) atoms. The number of nitrogens with zero attached hydrogens (tertiary/aromatic N) is 1. The summed E-state index contributed by atoms with van der Waals surface area (Å²) in [5.41, 5.74) is 1.05. The van der Waals surface area contributed by atoms with Crippen LogP contribution in [0.2, 0.25) is 0 Å². The van der Waals surface area contributed by atoms with Gasteiger partial charge in [-0.05, 0) is 55.3 Å². The SMILES string of the molecule is CCCCOc1ccc(C2/C(=C(\O)c3ccc(OC)cc3)C(=O)C(=O)N2CCOC)cc1OCC. The van der Waals surface area contributed by atoms with E-state index in [4.69, 9.17) is 18.9 Å². The van der Waals surface area contributed by atoms with Gasteiger partial charge in [0.15, 0.2) is 11.5 Å². The molecule has 1 aliphatic rings. The molecule has 0 saturated carbocycles. The van der Waals surface area contributed by atoms with Crippen LogP contribution in [0, 0.1) is 0 Å². The molecule has 1 N–H and O–H groups in total. The molecule has 0 aliphatic carbocycles. The van der Waals surface area contributed by atoms with Crippen molar-refractivity contribution in [1.29, 1.82) is 0 Å². The predicted octanol–water partition coefficient (Wildman–Crippen LogP) is 4.34. The Morgan fingerprint density at radius 3 is 2.34 bits per heavy atom. The summed E-state index contributed by atoms with van der Waals surface area (Å²) in [7, 11) is 3.07. The Morgan fingerprint density at radius 1 is 0.971 bits per heavy atom. The number of likely N-dealkylation sites (tertiary alicyclic amines) is 1. The first-order valence-corrected chi connectivity index (χ1v) is 11.8. The molecule has 1 heterocycles. The average molecular weight is 484 g/mol. The Kier molecular flexibility index (Phi) is 9.14. The fourth-order valence-electron chi connectivity index (χ4n) is 3.96. The zero-order chi connectivity index (χ0) is 25.4. The number of ether oxygens (including phenoxy) is 4. The van der Waals surface area contributed by atoms with Crippen LogP contribution in [0.1, 0.15) is 43.9 Å². The van der Waals surface area contributed by atoms with Crippen molar-refractivity contribution >= 4 is 17.4 Å². The summed E-state index contributed by atoms with van der Waals surface area (Å²) in [5, 5.41) is 11.2. The van der Waals surface area contributed by atoms with E-state index in [0.717, 1.165) is 12.8 Å². The lowest BCUT2D eigenvalue weighted by atomic mass is 9.95. The lowest BCUT2D eigenvalue weighted by Crippen LogP contribution is -2.32. The van der Waals surface area contributed by atoms with Crippen LogP contribution in [0.4, 0.5) is 0 Å². The van der Waals surface area contributed by atoms with E-state index in [2.05, 4.69) is 6.92 Å². The second kappa shape index (κ2) is 12.3. The molecule has 1 saturated heterocycles. The van der Waals surface area contributed by atoms with Gasteiger partial charge >= 0.3 is 0 Å². The molecule has 0 radical (unpaired) electrons. The zero-order valence-electron chi connectivity index (χ0n) is 20.7. The van der Waals surface area contributed by atoms with E-state index in [9.17, 15) is 14.7 Å². The Bertz CT molecular complexity index is 1060. The van der Waals surface area contributed by atoms with E-state index in [1.807, 2.05) is 6.92 Å². The van der Waals surface area contributed by atoms with Crippen LogP contribution >= 0.6 is 0 Å². The van der Waals surface area contributed by atoms with Crippen LogP contribution in [-0.2, 0) is 14.3 Å². The third-order valence-electron chi connectivity index (χ3n) is 5.78. The van der Waals surface area contributed by atoms with Crippen molar-refractivity contribution in [2.75, 3.05) is 40.6 Å². The zero-order valence-corrected chi connectivity index (χ0v) is 20.7. The van der Waals surface area contributed by atoms with E-state index in [0.29, 0.717) is 41.6 Å². The van der Waals surface area contributed by atoms with Crippen molar-refractivity contribution in [1.82, 2.24) is 4.90 Å². The number of hydrogen-bond acceptors (Lipinski definition) is 7. The number of rotatable bonds is 12. The first-order chi connectivity index (χ1) is 17.0. The van der Waals surface area contributed by atoms with Gasteiger partial charge in [0.2, 0.25) is 0 Å². The fourth-order valence-corrected chi connectivity index (χ4v) is 3.96. The molecular formula is C27H33NO7. The van der Waals surface area contributed by atoms with Crippen molar-refractivity contribution in [2.45, 2.75) is 32.7 Å². The van der Waals surface area contributed by atoms with Crippen LogP contribution in [0.5, 0.6) is 17.2 Å². The van der Waals surface area contributed by atoms with Crippen molar-refractivity contribution < 1.29 is 33.6 Å². The standard InChI is InChI=1S/C27H33NO7/c1-5-7-15-35-21-13-10-19(17-22(21)34-6-2)24-23(26(30)27(31)28(24)14-16-32-3)25(29)18-8-11-20(33-4)12-9-18/h8-13,17,24,29H,5-7,14-16H2,1-4H3/b25-23+. The van der Waals surface area contributed by atoms with Gasteiger partial charge in [-0.2, -0.15) is 0 Å².